The van der Waals surface area contributed by atoms with E-state index in [1.165, 1.54) is 0 Å². The minimum atomic E-state index is -0.579. The number of anilines is 1. The summed E-state index contributed by atoms with van der Waals surface area (Å²) in [5.74, 6) is -0.537. The number of rotatable bonds is 7. The second-order valence-electron chi connectivity index (χ2n) is 5.44. The lowest BCUT2D eigenvalue weighted by Crippen LogP contribution is -2.45. The molecule has 0 saturated carbocycles. The van der Waals surface area contributed by atoms with Crippen molar-refractivity contribution in [2.45, 2.75) is 13.3 Å². The SMILES string of the molecule is CCCOC(=O)c1ccc(OCC(=O)NNC(=O)Nc2ccccc2)cc1. The molecular formula is C19H21N3O5. The lowest BCUT2D eigenvalue weighted by Gasteiger charge is -2.10. The molecule has 0 spiro atoms. The number of urea groups is 1. The van der Waals surface area contributed by atoms with Gasteiger partial charge in [0.25, 0.3) is 5.91 Å². The first-order valence-electron chi connectivity index (χ1n) is 8.39. The van der Waals surface area contributed by atoms with Crippen LogP contribution in [0.3, 0.4) is 0 Å². The van der Waals surface area contributed by atoms with E-state index < -0.39 is 17.9 Å². The van der Waals surface area contributed by atoms with Gasteiger partial charge in [0, 0.05) is 5.69 Å². The number of hydrazine groups is 1. The molecule has 3 amide bonds. The van der Waals surface area contributed by atoms with Crippen LogP contribution in [0.1, 0.15) is 23.7 Å². The third kappa shape index (κ3) is 7.07. The molecule has 0 radical (unpaired) electrons. The van der Waals surface area contributed by atoms with E-state index in [2.05, 4.69) is 16.2 Å². The Morgan fingerprint density at radius 1 is 0.926 bits per heavy atom. The molecule has 0 aliphatic carbocycles. The number of carbonyl (C=O) groups excluding carboxylic acids is 3. The maximum absolute atomic E-state index is 11.7. The molecule has 0 aromatic heterocycles. The number of carbonyl (C=O) groups is 3. The van der Waals surface area contributed by atoms with Crippen LogP contribution in [0.4, 0.5) is 10.5 Å². The van der Waals surface area contributed by atoms with E-state index in [0.717, 1.165) is 6.42 Å². The third-order valence-electron chi connectivity index (χ3n) is 3.24. The molecule has 0 aliphatic heterocycles. The number of ether oxygens (including phenoxy) is 2. The van der Waals surface area contributed by atoms with Crippen molar-refractivity contribution in [2.75, 3.05) is 18.5 Å². The summed E-state index contributed by atoms with van der Waals surface area (Å²) in [5.41, 5.74) is 5.44. The Morgan fingerprint density at radius 2 is 1.63 bits per heavy atom. The highest BCUT2D eigenvalue weighted by molar-refractivity contribution is 5.91. The summed E-state index contributed by atoms with van der Waals surface area (Å²) >= 11 is 0. The van der Waals surface area contributed by atoms with Gasteiger partial charge in [-0.3, -0.25) is 10.2 Å². The molecule has 2 rings (SSSR count). The molecule has 0 saturated heterocycles. The van der Waals surface area contributed by atoms with Gasteiger partial charge in [-0.1, -0.05) is 25.1 Å². The molecule has 2 aromatic rings. The molecule has 3 N–H and O–H groups in total. The zero-order valence-electron chi connectivity index (χ0n) is 14.9. The van der Waals surface area contributed by atoms with Gasteiger partial charge in [0.15, 0.2) is 6.61 Å². The Bertz CT molecular complexity index is 763. The Morgan fingerprint density at radius 3 is 2.30 bits per heavy atom. The van der Waals surface area contributed by atoms with Gasteiger partial charge in [0.05, 0.1) is 12.2 Å². The predicted octanol–water partition coefficient (Wildman–Crippen LogP) is 2.49. The molecule has 142 valence electrons. The first-order chi connectivity index (χ1) is 13.1. The van der Waals surface area contributed by atoms with Crippen LogP contribution < -0.4 is 20.9 Å². The van der Waals surface area contributed by atoms with Gasteiger partial charge in [-0.15, -0.1) is 0 Å². The summed E-state index contributed by atoms with van der Waals surface area (Å²) in [4.78, 5) is 35.0. The molecule has 8 nitrogen and oxygen atoms in total. The molecule has 0 heterocycles. The summed E-state index contributed by atoms with van der Waals surface area (Å²) in [6.45, 7) is 1.97. The number of nitrogens with one attached hydrogen (secondary N) is 3. The fraction of sp³-hybridized carbons (Fsp3) is 0.211. The zero-order valence-corrected chi connectivity index (χ0v) is 14.9. The first-order valence-corrected chi connectivity index (χ1v) is 8.39. The van der Waals surface area contributed by atoms with Crippen molar-refractivity contribution in [2.24, 2.45) is 0 Å². The summed E-state index contributed by atoms with van der Waals surface area (Å²) in [7, 11) is 0. The molecule has 0 unspecified atom stereocenters. The van der Waals surface area contributed by atoms with E-state index in [0.29, 0.717) is 23.6 Å². The third-order valence-corrected chi connectivity index (χ3v) is 3.24. The maximum atomic E-state index is 11.7. The largest absolute Gasteiger partial charge is 0.484 e. The van der Waals surface area contributed by atoms with Crippen molar-refractivity contribution in [3.8, 4) is 5.75 Å². The van der Waals surface area contributed by atoms with E-state index >= 15 is 0 Å². The van der Waals surface area contributed by atoms with Gasteiger partial charge in [-0.25, -0.2) is 15.0 Å². The average molecular weight is 371 g/mol. The summed E-state index contributed by atoms with van der Waals surface area (Å²) < 4.78 is 10.3. The summed E-state index contributed by atoms with van der Waals surface area (Å²) in [6.07, 6.45) is 0.749. The predicted molar refractivity (Wildman–Crippen MR) is 99.2 cm³/mol. The van der Waals surface area contributed by atoms with Crippen LogP contribution in [-0.2, 0) is 9.53 Å². The number of para-hydroxylation sites is 1. The van der Waals surface area contributed by atoms with Crippen LogP contribution in [0.25, 0.3) is 0 Å². The number of benzene rings is 2. The molecule has 27 heavy (non-hydrogen) atoms. The number of amides is 3. The summed E-state index contributed by atoms with van der Waals surface area (Å²) in [6, 6.07) is 14.4. The highest BCUT2D eigenvalue weighted by atomic mass is 16.5. The highest BCUT2D eigenvalue weighted by Crippen LogP contribution is 2.13. The number of hydrogen-bond acceptors (Lipinski definition) is 5. The van der Waals surface area contributed by atoms with Crippen LogP contribution in [0.5, 0.6) is 5.75 Å². The smallest absolute Gasteiger partial charge is 0.338 e. The van der Waals surface area contributed by atoms with Crippen LogP contribution in [0.2, 0.25) is 0 Å². The van der Waals surface area contributed by atoms with Gasteiger partial charge < -0.3 is 14.8 Å². The van der Waals surface area contributed by atoms with E-state index in [9.17, 15) is 14.4 Å². The Hall–Kier alpha value is -3.55. The van der Waals surface area contributed by atoms with Crippen LogP contribution in [0, 0.1) is 0 Å². The van der Waals surface area contributed by atoms with E-state index in [1.807, 2.05) is 13.0 Å². The second-order valence-corrected chi connectivity index (χ2v) is 5.44. The van der Waals surface area contributed by atoms with Gasteiger partial charge in [-0.05, 0) is 42.8 Å². The molecular weight excluding hydrogens is 350 g/mol. The van der Waals surface area contributed by atoms with Crippen molar-refractivity contribution < 1.29 is 23.9 Å². The first kappa shape index (κ1) is 19.8. The van der Waals surface area contributed by atoms with Crippen molar-refractivity contribution in [1.29, 1.82) is 0 Å². The normalized spacial score (nSPS) is 9.81. The summed E-state index contributed by atoms with van der Waals surface area (Å²) in [5, 5.41) is 2.55. The molecule has 0 bridgehead atoms. The van der Waals surface area contributed by atoms with Crippen molar-refractivity contribution >= 4 is 23.6 Å². The van der Waals surface area contributed by atoms with E-state index in [-0.39, 0.29) is 6.61 Å². The number of esters is 1. The van der Waals surface area contributed by atoms with E-state index in [4.69, 9.17) is 9.47 Å². The lowest BCUT2D eigenvalue weighted by molar-refractivity contribution is -0.123. The molecule has 0 atom stereocenters. The van der Waals surface area contributed by atoms with Gasteiger partial charge >= 0.3 is 12.0 Å². The highest BCUT2D eigenvalue weighted by Gasteiger charge is 2.08. The topological polar surface area (TPSA) is 106 Å². The second kappa shape index (κ2) is 10.4. The molecule has 0 fully saturated rings. The minimum absolute atomic E-state index is 0.300. The minimum Gasteiger partial charge on any atom is -0.484 e. The fourth-order valence-corrected chi connectivity index (χ4v) is 1.96. The zero-order chi connectivity index (χ0) is 19.5. The Balaban J connectivity index is 1.70. The van der Waals surface area contributed by atoms with E-state index in [1.54, 1.807) is 48.5 Å². The van der Waals surface area contributed by atoms with Crippen molar-refractivity contribution in [3.63, 3.8) is 0 Å². The van der Waals surface area contributed by atoms with Crippen molar-refractivity contribution in [3.05, 3.63) is 60.2 Å². The van der Waals surface area contributed by atoms with Crippen LogP contribution in [-0.4, -0.2) is 31.1 Å². The lowest BCUT2D eigenvalue weighted by atomic mass is 10.2. The van der Waals surface area contributed by atoms with Gasteiger partial charge in [0.2, 0.25) is 0 Å². The standard InChI is InChI=1S/C19H21N3O5/c1-2-12-26-18(24)14-8-10-16(11-9-14)27-13-17(23)21-22-19(25)20-15-6-4-3-5-7-15/h3-11H,2,12-13H2,1H3,(H,21,23)(H2,20,22,25). The molecule has 2 aromatic carbocycles. The quantitative estimate of drug-likeness (QED) is 0.512. The van der Waals surface area contributed by atoms with Gasteiger partial charge in [-0.2, -0.15) is 0 Å². The maximum Gasteiger partial charge on any atom is 0.338 e. The van der Waals surface area contributed by atoms with Crippen LogP contribution >= 0.6 is 0 Å². The molecule has 8 heteroatoms. The van der Waals surface area contributed by atoms with Crippen molar-refractivity contribution in [1.82, 2.24) is 10.9 Å². The number of hydrogen-bond donors (Lipinski definition) is 3. The Kier molecular flexibility index (Phi) is 7.65. The fourth-order valence-electron chi connectivity index (χ4n) is 1.96. The average Bonchev–Trinajstić information content (AvgIpc) is 2.70. The monoisotopic (exact) mass is 371 g/mol. The molecule has 0 aliphatic rings. The van der Waals surface area contributed by atoms with Gasteiger partial charge in [0.1, 0.15) is 5.75 Å². The van der Waals surface area contributed by atoms with Crippen LogP contribution in [0.15, 0.2) is 54.6 Å². The Labute approximate surface area is 156 Å².